The van der Waals surface area contributed by atoms with Crippen LogP contribution in [0.2, 0.25) is 0 Å². The Balaban J connectivity index is 2.98. The van der Waals surface area contributed by atoms with E-state index in [4.69, 9.17) is 28.3 Å². The van der Waals surface area contributed by atoms with E-state index in [1.807, 2.05) is 0 Å². The first kappa shape index (κ1) is 9.81. The Morgan fingerprint density at radius 3 is 2.17 bits per heavy atom. The molecule has 0 amide bonds. The minimum absolute atomic E-state index is 0.370. The molecule has 0 spiro atoms. The van der Waals surface area contributed by atoms with Crippen LogP contribution in [0.4, 0.5) is 0 Å². The lowest BCUT2D eigenvalue weighted by molar-refractivity contribution is 0.0303. The van der Waals surface area contributed by atoms with Crippen molar-refractivity contribution in [2.75, 3.05) is 0 Å². The number of halogens is 2. The normalized spacial score (nSPS) is 18.3. The van der Waals surface area contributed by atoms with Gasteiger partial charge in [0.15, 0.2) is 5.56 Å². The van der Waals surface area contributed by atoms with Crippen LogP contribution >= 0.6 is 23.2 Å². The summed E-state index contributed by atoms with van der Waals surface area (Å²) >= 11 is 10.8. The van der Waals surface area contributed by atoms with Crippen LogP contribution in [0.1, 0.15) is 5.56 Å². The Labute approximate surface area is 80.4 Å². The summed E-state index contributed by atoms with van der Waals surface area (Å²) in [6.45, 7) is 0. The third kappa shape index (κ3) is 1.90. The molecule has 1 aromatic rings. The number of aliphatic hydroxyl groups excluding tert-OH is 1. The molecule has 0 aliphatic rings. The van der Waals surface area contributed by atoms with E-state index >= 15 is 0 Å². The molecule has 2 unspecified atom stereocenters. The summed E-state index contributed by atoms with van der Waals surface area (Å²) in [7, 11) is 0. The fraction of sp³-hybridized carbons (Fsp3) is 0.250. The number of hydrogen-bond donors (Lipinski definition) is 2. The third-order valence-corrected chi connectivity index (χ3v) is 2.35. The SMILES string of the molecule is OC(Cl)C(O)(Cl)c1ccccc1. The first-order chi connectivity index (χ1) is 5.55. The molecule has 66 valence electrons. The highest BCUT2D eigenvalue weighted by Gasteiger charge is 2.33. The van der Waals surface area contributed by atoms with Crippen LogP contribution in [0.5, 0.6) is 0 Å². The molecule has 0 bridgehead atoms. The number of aliphatic hydroxyl groups is 2. The smallest absolute Gasteiger partial charge is 0.204 e. The van der Waals surface area contributed by atoms with Crippen LogP contribution in [0.25, 0.3) is 0 Å². The maximum Gasteiger partial charge on any atom is 0.204 e. The van der Waals surface area contributed by atoms with Gasteiger partial charge >= 0.3 is 0 Å². The van der Waals surface area contributed by atoms with Gasteiger partial charge in [0.1, 0.15) is 0 Å². The van der Waals surface area contributed by atoms with Crippen molar-refractivity contribution in [3.05, 3.63) is 35.9 Å². The van der Waals surface area contributed by atoms with Crippen molar-refractivity contribution in [1.82, 2.24) is 0 Å². The molecule has 0 aliphatic carbocycles. The molecule has 2 atom stereocenters. The van der Waals surface area contributed by atoms with E-state index in [-0.39, 0.29) is 0 Å². The highest BCUT2D eigenvalue weighted by Crippen LogP contribution is 2.31. The van der Waals surface area contributed by atoms with Crippen molar-refractivity contribution < 1.29 is 10.2 Å². The summed E-state index contributed by atoms with van der Waals surface area (Å²) < 4.78 is 0. The summed E-state index contributed by atoms with van der Waals surface area (Å²) in [5.41, 5.74) is -1.16. The maximum atomic E-state index is 9.45. The number of rotatable bonds is 2. The quantitative estimate of drug-likeness (QED) is 0.723. The zero-order valence-corrected chi connectivity index (χ0v) is 7.63. The predicted octanol–water partition coefficient (Wildman–Crippen LogP) is 1.63. The van der Waals surface area contributed by atoms with Gasteiger partial charge in [-0.3, -0.25) is 0 Å². The Hall–Kier alpha value is -0.280. The topological polar surface area (TPSA) is 40.5 Å². The van der Waals surface area contributed by atoms with Gasteiger partial charge in [-0.1, -0.05) is 53.5 Å². The average Bonchev–Trinajstić information content (AvgIpc) is 2.06. The molecule has 1 aromatic carbocycles. The second-order valence-corrected chi connectivity index (χ2v) is 3.36. The molecule has 0 saturated heterocycles. The van der Waals surface area contributed by atoms with Crippen LogP contribution in [0, 0.1) is 0 Å². The van der Waals surface area contributed by atoms with E-state index < -0.39 is 10.6 Å². The highest BCUT2D eigenvalue weighted by molar-refractivity contribution is 6.30. The molecule has 0 aliphatic heterocycles. The van der Waals surface area contributed by atoms with E-state index in [2.05, 4.69) is 0 Å². The van der Waals surface area contributed by atoms with Gasteiger partial charge < -0.3 is 10.2 Å². The summed E-state index contributed by atoms with van der Waals surface area (Å²) in [5.74, 6) is 0. The molecular formula is C8H8Cl2O2. The lowest BCUT2D eigenvalue weighted by Crippen LogP contribution is -2.29. The summed E-state index contributed by atoms with van der Waals surface area (Å²) in [4.78, 5) is 0. The van der Waals surface area contributed by atoms with Crippen molar-refractivity contribution in [2.24, 2.45) is 0 Å². The summed E-state index contributed by atoms with van der Waals surface area (Å²) in [6, 6.07) is 8.33. The van der Waals surface area contributed by atoms with Crippen molar-refractivity contribution >= 4 is 23.2 Å². The maximum absolute atomic E-state index is 9.45. The van der Waals surface area contributed by atoms with Gasteiger partial charge in [0.2, 0.25) is 5.06 Å². The van der Waals surface area contributed by atoms with Crippen LogP contribution in [-0.4, -0.2) is 15.8 Å². The molecular weight excluding hydrogens is 199 g/mol. The van der Waals surface area contributed by atoms with Gasteiger partial charge in [0.05, 0.1) is 0 Å². The zero-order chi connectivity index (χ0) is 9.19. The van der Waals surface area contributed by atoms with Crippen molar-refractivity contribution in [1.29, 1.82) is 0 Å². The van der Waals surface area contributed by atoms with Gasteiger partial charge in [-0.15, -0.1) is 0 Å². The molecule has 0 radical (unpaired) electrons. The predicted molar refractivity (Wildman–Crippen MR) is 48.1 cm³/mol. The minimum Gasteiger partial charge on any atom is -0.373 e. The number of benzene rings is 1. The fourth-order valence-electron chi connectivity index (χ4n) is 0.809. The molecule has 0 aromatic heterocycles. The lowest BCUT2D eigenvalue weighted by Gasteiger charge is -2.22. The number of hydrogen-bond acceptors (Lipinski definition) is 2. The molecule has 2 nitrogen and oxygen atoms in total. The summed E-state index contributed by atoms with van der Waals surface area (Å²) in [5, 5.41) is 16.4. The van der Waals surface area contributed by atoms with E-state index in [9.17, 15) is 5.11 Å². The fourth-order valence-corrected chi connectivity index (χ4v) is 1.06. The Morgan fingerprint density at radius 1 is 1.25 bits per heavy atom. The van der Waals surface area contributed by atoms with Gasteiger partial charge in [0, 0.05) is 5.56 Å². The number of alkyl halides is 2. The molecule has 0 saturated carbocycles. The Morgan fingerprint density at radius 2 is 1.75 bits per heavy atom. The van der Waals surface area contributed by atoms with Crippen LogP contribution < -0.4 is 0 Å². The van der Waals surface area contributed by atoms with Gasteiger partial charge in [0.25, 0.3) is 0 Å². The van der Waals surface area contributed by atoms with Crippen molar-refractivity contribution in [3.63, 3.8) is 0 Å². The van der Waals surface area contributed by atoms with Crippen molar-refractivity contribution in [2.45, 2.75) is 10.6 Å². The summed E-state index contributed by atoms with van der Waals surface area (Å²) in [6.07, 6.45) is 0. The van der Waals surface area contributed by atoms with Gasteiger partial charge in [-0.05, 0) is 0 Å². The highest BCUT2D eigenvalue weighted by atomic mass is 35.5. The van der Waals surface area contributed by atoms with E-state index in [1.165, 1.54) is 0 Å². The van der Waals surface area contributed by atoms with Crippen LogP contribution in [0.15, 0.2) is 30.3 Å². The molecule has 4 heteroatoms. The molecule has 2 N–H and O–H groups in total. The monoisotopic (exact) mass is 206 g/mol. The average molecular weight is 207 g/mol. The van der Waals surface area contributed by atoms with E-state index in [0.29, 0.717) is 5.56 Å². The molecule has 12 heavy (non-hydrogen) atoms. The van der Waals surface area contributed by atoms with Crippen LogP contribution in [-0.2, 0) is 5.06 Å². The molecule has 1 rings (SSSR count). The second-order valence-electron chi connectivity index (χ2n) is 2.38. The second kappa shape index (κ2) is 3.62. The lowest BCUT2D eigenvalue weighted by atomic mass is 10.1. The van der Waals surface area contributed by atoms with Crippen LogP contribution in [0.3, 0.4) is 0 Å². The Bertz CT molecular complexity index is 246. The minimum atomic E-state index is -1.91. The van der Waals surface area contributed by atoms with E-state index in [0.717, 1.165) is 0 Å². The molecule has 0 heterocycles. The van der Waals surface area contributed by atoms with Gasteiger partial charge in [-0.25, -0.2) is 0 Å². The zero-order valence-electron chi connectivity index (χ0n) is 6.11. The first-order valence-electron chi connectivity index (χ1n) is 3.34. The van der Waals surface area contributed by atoms with Crippen molar-refractivity contribution in [3.8, 4) is 0 Å². The largest absolute Gasteiger partial charge is 0.373 e. The van der Waals surface area contributed by atoms with Gasteiger partial charge in [-0.2, -0.15) is 0 Å². The van der Waals surface area contributed by atoms with E-state index in [1.54, 1.807) is 30.3 Å². The first-order valence-corrected chi connectivity index (χ1v) is 4.15. The third-order valence-electron chi connectivity index (χ3n) is 1.49. The Kier molecular flexibility index (Phi) is 2.96. The standard InChI is InChI=1S/C8H8Cl2O2/c9-7(11)8(10,12)6-4-2-1-3-5-6/h1-5,7,11-12H. The molecule has 0 fully saturated rings.